The summed E-state index contributed by atoms with van der Waals surface area (Å²) in [6.07, 6.45) is 5.91. The van der Waals surface area contributed by atoms with Gasteiger partial charge < -0.3 is 14.8 Å². The van der Waals surface area contributed by atoms with E-state index in [1.54, 1.807) is 0 Å². The molecule has 0 amide bonds. The fraction of sp³-hybridized carbons (Fsp3) is 1.00. The van der Waals surface area contributed by atoms with Gasteiger partial charge in [0.2, 0.25) is 0 Å². The zero-order valence-corrected chi connectivity index (χ0v) is 10.6. The van der Waals surface area contributed by atoms with E-state index in [0.717, 1.165) is 32.1 Å². The molecule has 0 aromatic heterocycles. The number of nitrogens with one attached hydrogen (secondary N) is 1. The number of ether oxygens (including phenoxy) is 2. The highest BCUT2D eigenvalue weighted by atomic mass is 32.2. The predicted octanol–water partition coefficient (Wildman–Crippen LogP) is 1.77. The van der Waals surface area contributed by atoms with Crippen LogP contribution in [0.3, 0.4) is 0 Å². The van der Waals surface area contributed by atoms with Crippen LogP contribution in [0.15, 0.2) is 0 Å². The van der Waals surface area contributed by atoms with Crippen molar-refractivity contribution >= 4 is 11.8 Å². The summed E-state index contributed by atoms with van der Waals surface area (Å²) >= 11 is 2.08. The zero-order chi connectivity index (χ0) is 10.8. The molecule has 1 N–H and O–H groups in total. The fourth-order valence-corrected chi connectivity index (χ4v) is 4.17. The monoisotopic (exact) mass is 243 g/mol. The van der Waals surface area contributed by atoms with Crippen molar-refractivity contribution in [3.63, 3.8) is 0 Å². The molecule has 2 heterocycles. The molecule has 92 valence electrons. The van der Waals surface area contributed by atoms with E-state index < -0.39 is 0 Å². The molecule has 2 saturated heterocycles. The van der Waals surface area contributed by atoms with E-state index in [2.05, 4.69) is 17.1 Å². The summed E-state index contributed by atoms with van der Waals surface area (Å²) in [6.45, 7) is 1.58. The van der Waals surface area contributed by atoms with Crippen LogP contribution in [0, 0.1) is 0 Å². The number of rotatable bonds is 2. The van der Waals surface area contributed by atoms with Crippen molar-refractivity contribution in [1.82, 2.24) is 5.32 Å². The van der Waals surface area contributed by atoms with Crippen LogP contribution in [-0.4, -0.2) is 42.6 Å². The minimum atomic E-state index is -0.192. The van der Waals surface area contributed by atoms with Gasteiger partial charge in [0.15, 0.2) is 5.79 Å². The Labute approximate surface area is 102 Å². The van der Waals surface area contributed by atoms with Crippen LogP contribution in [0.1, 0.15) is 32.1 Å². The average molecular weight is 243 g/mol. The molecule has 1 spiro atoms. The standard InChI is InChI=1S/C12H21NO2S/c1-4-12(14-6-7-15-12)5-2-10(1)13-11-3-8-16-9-11/h10-11,13H,1-9H2. The highest BCUT2D eigenvalue weighted by Crippen LogP contribution is 2.36. The third-order valence-electron chi connectivity index (χ3n) is 3.96. The van der Waals surface area contributed by atoms with Crippen molar-refractivity contribution in [3.8, 4) is 0 Å². The Kier molecular flexibility index (Phi) is 3.43. The summed E-state index contributed by atoms with van der Waals surface area (Å²) in [7, 11) is 0. The smallest absolute Gasteiger partial charge is 0.168 e. The van der Waals surface area contributed by atoms with Crippen molar-refractivity contribution in [1.29, 1.82) is 0 Å². The van der Waals surface area contributed by atoms with E-state index in [9.17, 15) is 0 Å². The van der Waals surface area contributed by atoms with E-state index in [4.69, 9.17) is 9.47 Å². The summed E-state index contributed by atoms with van der Waals surface area (Å²) < 4.78 is 11.5. The van der Waals surface area contributed by atoms with E-state index in [0.29, 0.717) is 6.04 Å². The lowest BCUT2D eigenvalue weighted by atomic mass is 9.89. The van der Waals surface area contributed by atoms with Crippen LogP contribution < -0.4 is 5.32 Å². The molecule has 0 aromatic carbocycles. The molecule has 4 heteroatoms. The molecule has 1 saturated carbocycles. The Morgan fingerprint density at radius 2 is 1.75 bits per heavy atom. The van der Waals surface area contributed by atoms with Crippen molar-refractivity contribution in [3.05, 3.63) is 0 Å². The van der Waals surface area contributed by atoms with Gasteiger partial charge in [-0.25, -0.2) is 0 Å². The van der Waals surface area contributed by atoms with Crippen LogP contribution in [0.4, 0.5) is 0 Å². The molecule has 1 aliphatic carbocycles. The lowest BCUT2D eigenvalue weighted by molar-refractivity contribution is -0.179. The van der Waals surface area contributed by atoms with E-state index in [1.807, 2.05) is 0 Å². The maximum absolute atomic E-state index is 5.75. The molecule has 3 rings (SSSR count). The van der Waals surface area contributed by atoms with Crippen molar-refractivity contribution in [2.75, 3.05) is 24.7 Å². The second-order valence-electron chi connectivity index (χ2n) is 5.11. The van der Waals surface area contributed by atoms with Gasteiger partial charge in [-0.2, -0.15) is 11.8 Å². The molecular weight excluding hydrogens is 222 g/mol. The van der Waals surface area contributed by atoms with Crippen molar-refractivity contribution in [2.24, 2.45) is 0 Å². The molecule has 1 unspecified atom stereocenters. The third kappa shape index (κ3) is 2.40. The molecule has 2 aliphatic heterocycles. The zero-order valence-electron chi connectivity index (χ0n) is 9.74. The largest absolute Gasteiger partial charge is 0.348 e. The normalized spacial score (nSPS) is 34.9. The van der Waals surface area contributed by atoms with E-state index in [-0.39, 0.29) is 5.79 Å². The minimum Gasteiger partial charge on any atom is -0.348 e. The molecule has 3 nitrogen and oxygen atoms in total. The maximum Gasteiger partial charge on any atom is 0.168 e. The maximum atomic E-state index is 5.75. The first-order valence-corrected chi connectivity index (χ1v) is 7.64. The molecule has 0 radical (unpaired) electrons. The van der Waals surface area contributed by atoms with Gasteiger partial charge in [0, 0.05) is 30.7 Å². The van der Waals surface area contributed by atoms with Gasteiger partial charge in [-0.05, 0) is 25.0 Å². The predicted molar refractivity (Wildman–Crippen MR) is 65.8 cm³/mol. The van der Waals surface area contributed by atoms with Crippen molar-refractivity contribution in [2.45, 2.75) is 50.0 Å². The topological polar surface area (TPSA) is 30.5 Å². The second-order valence-corrected chi connectivity index (χ2v) is 6.26. The summed E-state index contributed by atoms with van der Waals surface area (Å²) in [5.41, 5.74) is 0. The van der Waals surface area contributed by atoms with Gasteiger partial charge in [-0.3, -0.25) is 0 Å². The Morgan fingerprint density at radius 1 is 1.00 bits per heavy atom. The Bertz CT molecular complexity index is 227. The van der Waals surface area contributed by atoms with Crippen molar-refractivity contribution < 1.29 is 9.47 Å². The van der Waals surface area contributed by atoms with Crippen LogP contribution in [0.25, 0.3) is 0 Å². The first-order chi connectivity index (χ1) is 7.86. The van der Waals surface area contributed by atoms with E-state index in [1.165, 1.54) is 30.8 Å². The van der Waals surface area contributed by atoms with Gasteiger partial charge in [-0.15, -0.1) is 0 Å². The molecule has 1 atom stereocenters. The van der Waals surface area contributed by atoms with Gasteiger partial charge in [-0.1, -0.05) is 0 Å². The third-order valence-corrected chi connectivity index (χ3v) is 5.12. The van der Waals surface area contributed by atoms with Gasteiger partial charge >= 0.3 is 0 Å². The highest BCUT2D eigenvalue weighted by Gasteiger charge is 2.40. The first kappa shape index (κ1) is 11.3. The van der Waals surface area contributed by atoms with Crippen LogP contribution >= 0.6 is 11.8 Å². The lowest BCUT2D eigenvalue weighted by Crippen LogP contribution is -2.45. The van der Waals surface area contributed by atoms with Gasteiger partial charge in [0.1, 0.15) is 0 Å². The molecule has 3 fully saturated rings. The highest BCUT2D eigenvalue weighted by molar-refractivity contribution is 7.99. The lowest BCUT2D eigenvalue weighted by Gasteiger charge is -2.36. The summed E-state index contributed by atoms with van der Waals surface area (Å²) in [5, 5.41) is 3.79. The Morgan fingerprint density at radius 3 is 2.38 bits per heavy atom. The summed E-state index contributed by atoms with van der Waals surface area (Å²) in [5.74, 6) is 2.44. The van der Waals surface area contributed by atoms with Crippen LogP contribution in [0.5, 0.6) is 0 Å². The molecule has 3 aliphatic rings. The summed E-state index contributed by atoms with van der Waals surface area (Å²) in [6, 6.07) is 1.46. The number of hydrogen-bond donors (Lipinski definition) is 1. The quantitative estimate of drug-likeness (QED) is 0.800. The minimum absolute atomic E-state index is 0.192. The second kappa shape index (κ2) is 4.84. The number of hydrogen-bond acceptors (Lipinski definition) is 4. The molecular formula is C12H21NO2S. The Balaban J connectivity index is 1.46. The van der Waals surface area contributed by atoms with Gasteiger partial charge in [0.25, 0.3) is 0 Å². The number of thioether (sulfide) groups is 1. The van der Waals surface area contributed by atoms with E-state index >= 15 is 0 Å². The van der Waals surface area contributed by atoms with Gasteiger partial charge in [0.05, 0.1) is 13.2 Å². The average Bonchev–Trinajstić information content (AvgIpc) is 2.94. The Hall–Kier alpha value is 0.230. The summed E-state index contributed by atoms with van der Waals surface area (Å²) in [4.78, 5) is 0. The van der Waals surface area contributed by atoms with Crippen LogP contribution in [-0.2, 0) is 9.47 Å². The molecule has 16 heavy (non-hydrogen) atoms. The fourth-order valence-electron chi connectivity index (χ4n) is 3.01. The SMILES string of the molecule is C1COC2(CCC(NC3CCSC3)CC2)O1. The first-order valence-electron chi connectivity index (χ1n) is 6.48. The van der Waals surface area contributed by atoms with Crippen LogP contribution in [0.2, 0.25) is 0 Å². The molecule has 0 bridgehead atoms. The molecule has 0 aromatic rings.